The maximum absolute atomic E-state index is 14.7. The first-order chi connectivity index (χ1) is 22.7. The Balaban J connectivity index is 1.41. The van der Waals surface area contributed by atoms with Gasteiger partial charge in [-0.15, -0.1) is 0 Å². The van der Waals surface area contributed by atoms with Gasteiger partial charge in [-0.2, -0.15) is 0 Å². The second kappa shape index (κ2) is 15.8. The molecule has 0 bridgehead atoms. The van der Waals surface area contributed by atoms with Crippen molar-refractivity contribution >= 4 is 51.3 Å². The summed E-state index contributed by atoms with van der Waals surface area (Å²) < 4.78 is 31.9. The molecule has 0 radical (unpaired) electrons. The van der Waals surface area contributed by atoms with Crippen LogP contribution in [-0.2, 0) is 4.74 Å². The third kappa shape index (κ3) is 9.01. The van der Waals surface area contributed by atoms with Gasteiger partial charge in [0.05, 0.1) is 46.5 Å². The Hall–Kier alpha value is -4.63. The Morgan fingerprint density at radius 2 is 1.87 bits per heavy atom. The number of benzene rings is 3. The fourth-order valence-electron chi connectivity index (χ4n) is 4.86. The van der Waals surface area contributed by atoms with Gasteiger partial charge in [0.25, 0.3) is 11.6 Å². The molecule has 248 valence electrons. The molecule has 0 saturated carbocycles. The van der Waals surface area contributed by atoms with Crippen LogP contribution in [0.25, 0.3) is 10.9 Å². The molecule has 13 nitrogen and oxygen atoms in total. The van der Waals surface area contributed by atoms with E-state index in [2.05, 4.69) is 25.5 Å². The number of nitro benzene ring substituents is 1. The molecule has 15 heteroatoms. The van der Waals surface area contributed by atoms with E-state index in [1.165, 1.54) is 6.33 Å². The molecule has 0 spiro atoms. The molecule has 1 aliphatic rings. The number of aromatic nitrogens is 2. The number of hydrogen-bond acceptors (Lipinski definition) is 11. The van der Waals surface area contributed by atoms with Crippen molar-refractivity contribution in [1.82, 2.24) is 19.8 Å². The van der Waals surface area contributed by atoms with E-state index in [9.17, 15) is 19.3 Å². The van der Waals surface area contributed by atoms with Crippen LogP contribution in [0.3, 0.4) is 0 Å². The fraction of sp³-hybridized carbons (Fsp3) is 0.344. The highest BCUT2D eigenvalue weighted by atomic mass is 35.5. The second-order valence-electron chi connectivity index (χ2n) is 11.0. The van der Waals surface area contributed by atoms with Gasteiger partial charge in [-0.1, -0.05) is 11.6 Å². The average molecular weight is 668 g/mol. The molecule has 1 amide bonds. The molecule has 0 unspecified atom stereocenters. The van der Waals surface area contributed by atoms with Crippen LogP contribution >= 0.6 is 11.6 Å². The van der Waals surface area contributed by atoms with Crippen molar-refractivity contribution in [3.63, 3.8) is 0 Å². The predicted molar refractivity (Wildman–Crippen MR) is 177 cm³/mol. The highest BCUT2D eigenvalue weighted by molar-refractivity contribution is 6.32. The smallest absolute Gasteiger partial charge is 0.270 e. The van der Waals surface area contributed by atoms with Gasteiger partial charge < -0.3 is 29.7 Å². The standard InChI is InChI=1S/C32H35ClFN7O6/c1-39(2)9-15-47-29-7-4-21(16-25(29)33)37-31-24-18-28(38-32(42)23-17-22(41(43)44)5-6-26(23)34)30(19-27(24)35-20-36-31)46-12-3-8-40-10-13-45-14-11-40/h4-7,16-20H,3,8-15H2,1-2H3,(H,38,42)(H,35,36,37). The van der Waals surface area contributed by atoms with Gasteiger partial charge in [0, 0.05) is 55.5 Å². The fourth-order valence-corrected chi connectivity index (χ4v) is 5.09. The van der Waals surface area contributed by atoms with E-state index in [0.29, 0.717) is 71.8 Å². The summed E-state index contributed by atoms with van der Waals surface area (Å²) in [5, 5.41) is 18.1. The summed E-state index contributed by atoms with van der Waals surface area (Å²) in [5.41, 5.74) is 0.452. The lowest BCUT2D eigenvalue weighted by atomic mass is 10.1. The second-order valence-corrected chi connectivity index (χ2v) is 11.4. The topological polar surface area (TPSA) is 144 Å². The summed E-state index contributed by atoms with van der Waals surface area (Å²) >= 11 is 6.49. The number of carbonyl (C=O) groups is 1. The number of ether oxygens (including phenoxy) is 3. The lowest BCUT2D eigenvalue weighted by molar-refractivity contribution is -0.384. The van der Waals surface area contributed by atoms with Crippen LogP contribution in [0.1, 0.15) is 16.8 Å². The largest absolute Gasteiger partial charge is 0.491 e. The van der Waals surface area contributed by atoms with Crippen LogP contribution in [-0.4, -0.2) is 97.3 Å². The van der Waals surface area contributed by atoms with E-state index in [1.807, 2.05) is 19.0 Å². The lowest BCUT2D eigenvalue weighted by Crippen LogP contribution is -2.37. The molecule has 2 N–H and O–H groups in total. The van der Waals surface area contributed by atoms with Crippen molar-refractivity contribution in [1.29, 1.82) is 0 Å². The third-order valence-electron chi connectivity index (χ3n) is 7.36. The van der Waals surface area contributed by atoms with E-state index < -0.39 is 27.9 Å². The van der Waals surface area contributed by atoms with Gasteiger partial charge in [0.1, 0.15) is 36.1 Å². The number of nitrogens with one attached hydrogen (secondary N) is 2. The summed E-state index contributed by atoms with van der Waals surface area (Å²) in [5.74, 6) is -0.542. The normalized spacial score (nSPS) is 13.5. The lowest BCUT2D eigenvalue weighted by Gasteiger charge is -2.26. The Morgan fingerprint density at radius 1 is 1.09 bits per heavy atom. The van der Waals surface area contributed by atoms with Crippen molar-refractivity contribution in [2.75, 3.05) is 77.3 Å². The van der Waals surface area contributed by atoms with Crippen LogP contribution in [0.4, 0.5) is 27.3 Å². The molecular weight excluding hydrogens is 633 g/mol. The molecule has 0 atom stereocenters. The molecule has 1 fully saturated rings. The Bertz CT molecular complexity index is 1740. The molecule has 1 aromatic heterocycles. The Labute approximate surface area is 275 Å². The molecule has 1 saturated heterocycles. The zero-order valence-corrected chi connectivity index (χ0v) is 26.8. The van der Waals surface area contributed by atoms with E-state index in [1.54, 1.807) is 30.3 Å². The first kappa shape index (κ1) is 33.7. The molecular formula is C32H35ClFN7O6. The molecule has 1 aliphatic heterocycles. The van der Waals surface area contributed by atoms with Crippen LogP contribution in [0, 0.1) is 15.9 Å². The minimum Gasteiger partial charge on any atom is -0.491 e. The Morgan fingerprint density at radius 3 is 2.62 bits per heavy atom. The number of hydrogen-bond donors (Lipinski definition) is 2. The number of non-ortho nitro benzene ring substituents is 1. The van der Waals surface area contributed by atoms with Gasteiger partial charge in [0.2, 0.25) is 0 Å². The van der Waals surface area contributed by atoms with Crippen LogP contribution in [0.5, 0.6) is 11.5 Å². The van der Waals surface area contributed by atoms with Crippen molar-refractivity contribution in [2.45, 2.75) is 6.42 Å². The highest BCUT2D eigenvalue weighted by Gasteiger charge is 2.20. The number of rotatable bonds is 14. The molecule has 3 aromatic carbocycles. The van der Waals surface area contributed by atoms with Gasteiger partial charge in [0.15, 0.2) is 0 Å². The van der Waals surface area contributed by atoms with Crippen LogP contribution in [0.2, 0.25) is 5.02 Å². The van der Waals surface area contributed by atoms with E-state index in [4.69, 9.17) is 25.8 Å². The zero-order chi connectivity index (χ0) is 33.3. The predicted octanol–water partition coefficient (Wildman–Crippen LogP) is 5.37. The molecule has 5 rings (SSSR count). The SMILES string of the molecule is CN(C)CCOc1ccc(Nc2ncnc3cc(OCCCN4CCOCC4)c(NC(=O)c4cc([N+](=O)[O-])ccc4F)cc23)cc1Cl. The van der Waals surface area contributed by atoms with Gasteiger partial charge in [-0.3, -0.25) is 19.8 Å². The number of anilines is 3. The summed E-state index contributed by atoms with van der Waals surface area (Å²) in [6.45, 7) is 5.40. The summed E-state index contributed by atoms with van der Waals surface area (Å²) in [6.07, 6.45) is 2.10. The number of carbonyl (C=O) groups excluding carboxylic acids is 1. The van der Waals surface area contributed by atoms with Gasteiger partial charge in [-0.25, -0.2) is 14.4 Å². The van der Waals surface area contributed by atoms with Crippen molar-refractivity contribution in [2.24, 2.45) is 0 Å². The number of amides is 1. The van der Waals surface area contributed by atoms with Crippen LogP contribution < -0.4 is 20.1 Å². The zero-order valence-electron chi connectivity index (χ0n) is 26.0. The summed E-state index contributed by atoms with van der Waals surface area (Å²) in [7, 11) is 3.91. The molecule has 2 heterocycles. The van der Waals surface area contributed by atoms with Gasteiger partial charge in [-0.05, 0) is 50.8 Å². The maximum atomic E-state index is 14.7. The molecule has 47 heavy (non-hydrogen) atoms. The van der Waals surface area contributed by atoms with E-state index >= 15 is 0 Å². The first-order valence-corrected chi connectivity index (χ1v) is 15.4. The summed E-state index contributed by atoms with van der Waals surface area (Å²) in [4.78, 5) is 36.9. The highest BCUT2D eigenvalue weighted by Crippen LogP contribution is 2.35. The maximum Gasteiger partial charge on any atom is 0.270 e. The quantitative estimate of drug-likeness (QED) is 0.102. The Kier molecular flexibility index (Phi) is 11.3. The van der Waals surface area contributed by atoms with Crippen molar-refractivity contribution < 1.29 is 28.3 Å². The minimum absolute atomic E-state index is 0.209. The average Bonchev–Trinajstić information content (AvgIpc) is 3.05. The number of likely N-dealkylation sites (N-methyl/N-ethyl adjacent to an activating group) is 1. The van der Waals surface area contributed by atoms with E-state index in [0.717, 1.165) is 44.4 Å². The van der Waals surface area contributed by atoms with E-state index in [-0.39, 0.29) is 5.69 Å². The number of fused-ring (bicyclic) bond motifs is 1. The monoisotopic (exact) mass is 667 g/mol. The number of nitrogens with zero attached hydrogens (tertiary/aromatic N) is 5. The number of morpholine rings is 1. The molecule has 4 aromatic rings. The van der Waals surface area contributed by atoms with Gasteiger partial charge >= 0.3 is 0 Å². The van der Waals surface area contributed by atoms with Crippen LogP contribution in [0.15, 0.2) is 54.9 Å². The number of halogens is 2. The first-order valence-electron chi connectivity index (χ1n) is 15.0. The molecule has 0 aliphatic carbocycles. The van der Waals surface area contributed by atoms with Crippen molar-refractivity contribution in [3.8, 4) is 11.5 Å². The third-order valence-corrected chi connectivity index (χ3v) is 7.66. The van der Waals surface area contributed by atoms with Crippen molar-refractivity contribution in [3.05, 3.63) is 81.4 Å². The number of nitro groups is 1. The summed E-state index contributed by atoms with van der Waals surface area (Å²) in [6, 6.07) is 11.3. The minimum atomic E-state index is -0.904.